The fourth-order valence-corrected chi connectivity index (χ4v) is 2.47. The summed E-state index contributed by atoms with van der Waals surface area (Å²) in [5.74, 6) is -2.02. The van der Waals surface area contributed by atoms with Crippen LogP contribution in [0.2, 0.25) is 0 Å². The minimum absolute atomic E-state index is 0.0948. The zero-order valence-electron chi connectivity index (χ0n) is 12.5. The third-order valence-electron chi connectivity index (χ3n) is 3.52. The number of ether oxygens (including phenoxy) is 1. The molecule has 0 saturated heterocycles. The van der Waals surface area contributed by atoms with Crippen LogP contribution >= 0.6 is 0 Å². The molecule has 1 heterocycles. The van der Waals surface area contributed by atoms with Crippen molar-refractivity contribution in [1.29, 1.82) is 0 Å². The highest BCUT2D eigenvalue weighted by molar-refractivity contribution is 5.83. The molecule has 0 spiro atoms. The van der Waals surface area contributed by atoms with Crippen molar-refractivity contribution in [1.82, 2.24) is 9.78 Å². The number of aliphatic hydroxyl groups excluding tert-OH is 1. The van der Waals surface area contributed by atoms with Gasteiger partial charge < -0.3 is 9.84 Å². The van der Waals surface area contributed by atoms with Crippen molar-refractivity contribution in [2.24, 2.45) is 0 Å². The number of benzene rings is 2. The number of halogens is 5. The fourth-order valence-electron chi connectivity index (χ4n) is 2.47. The summed E-state index contributed by atoms with van der Waals surface area (Å²) in [6.45, 7) is -0.604. The van der Waals surface area contributed by atoms with E-state index in [4.69, 9.17) is 0 Å². The molecule has 9 heteroatoms. The summed E-state index contributed by atoms with van der Waals surface area (Å²) < 4.78 is 69.0. The van der Waals surface area contributed by atoms with Gasteiger partial charge in [-0.15, -0.1) is 13.2 Å². The smallest absolute Gasteiger partial charge is 0.406 e. The van der Waals surface area contributed by atoms with Gasteiger partial charge in [-0.3, -0.25) is 4.68 Å². The number of aliphatic hydroxyl groups is 1. The number of aromatic nitrogens is 2. The molecular weight excluding hydrogens is 347 g/mol. The molecule has 0 aliphatic carbocycles. The largest absolute Gasteiger partial charge is 0.573 e. The van der Waals surface area contributed by atoms with E-state index in [1.807, 2.05) is 0 Å². The molecule has 0 saturated carbocycles. The highest BCUT2D eigenvalue weighted by Gasteiger charge is 2.31. The minimum Gasteiger partial charge on any atom is -0.406 e. The molecule has 25 heavy (non-hydrogen) atoms. The van der Waals surface area contributed by atoms with E-state index in [0.717, 1.165) is 18.2 Å². The average molecular weight is 358 g/mol. The molecule has 0 unspecified atom stereocenters. The van der Waals surface area contributed by atoms with Gasteiger partial charge in [0.15, 0.2) is 0 Å². The van der Waals surface area contributed by atoms with E-state index in [1.54, 1.807) is 0 Å². The monoisotopic (exact) mass is 358 g/mol. The second kappa shape index (κ2) is 6.32. The average Bonchev–Trinajstić information content (AvgIpc) is 2.86. The Labute approximate surface area is 138 Å². The SMILES string of the molecule is OCc1nn(Cc2ccc(F)cc2F)c2cc(OC(F)(F)F)ccc12. The molecule has 0 radical (unpaired) electrons. The van der Waals surface area contributed by atoms with Crippen LogP contribution in [0.5, 0.6) is 5.75 Å². The summed E-state index contributed by atoms with van der Waals surface area (Å²) in [5.41, 5.74) is 0.531. The lowest BCUT2D eigenvalue weighted by atomic mass is 10.2. The van der Waals surface area contributed by atoms with Crippen molar-refractivity contribution in [3.05, 3.63) is 59.3 Å². The molecule has 1 aromatic heterocycles. The Morgan fingerprint density at radius 2 is 1.84 bits per heavy atom. The topological polar surface area (TPSA) is 47.3 Å². The summed E-state index contributed by atoms with van der Waals surface area (Å²) in [6, 6.07) is 6.50. The Bertz CT molecular complexity index is 921. The number of hydrogen-bond acceptors (Lipinski definition) is 3. The summed E-state index contributed by atoms with van der Waals surface area (Å²) in [5, 5.41) is 13.8. The van der Waals surface area contributed by atoms with Crippen LogP contribution in [0.15, 0.2) is 36.4 Å². The van der Waals surface area contributed by atoms with Crippen molar-refractivity contribution in [3.63, 3.8) is 0 Å². The summed E-state index contributed by atoms with van der Waals surface area (Å²) in [7, 11) is 0. The zero-order valence-corrected chi connectivity index (χ0v) is 12.5. The predicted octanol–water partition coefficient (Wildman–Crippen LogP) is 3.75. The molecule has 3 rings (SSSR count). The van der Waals surface area contributed by atoms with E-state index < -0.39 is 30.4 Å². The van der Waals surface area contributed by atoms with Gasteiger partial charge in [0.2, 0.25) is 0 Å². The number of fused-ring (bicyclic) bond motifs is 1. The van der Waals surface area contributed by atoms with E-state index in [9.17, 15) is 27.1 Å². The standard InChI is InChI=1S/C16H11F5N2O2/c17-10-2-1-9(13(18)5-10)7-23-15-6-11(25-16(19,20)21)3-4-12(15)14(8-24)22-23/h1-6,24H,7-8H2. The van der Waals surface area contributed by atoms with Crippen LogP contribution in [-0.2, 0) is 13.2 Å². The van der Waals surface area contributed by atoms with Gasteiger partial charge in [0, 0.05) is 23.1 Å². The van der Waals surface area contributed by atoms with Gasteiger partial charge in [-0.1, -0.05) is 6.07 Å². The number of nitrogens with zero attached hydrogens (tertiary/aromatic N) is 2. The van der Waals surface area contributed by atoms with Gasteiger partial charge in [0.1, 0.15) is 17.4 Å². The van der Waals surface area contributed by atoms with E-state index in [2.05, 4.69) is 9.84 Å². The zero-order chi connectivity index (χ0) is 18.2. The highest BCUT2D eigenvalue weighted by Crippen LogP contribution is 2.28. The first-order chi connectivity index (χ1) is 11.8. The highest BCUT2D eigenvalue weighted by atomic mass is 19.4. The first kappa shape index (κ1) is 17.2. The van der Waals surface area contributed by atoms with E-state index in [-0.39, 0.29) is 23.3 Å². The van der Waals surface area contributed by atoms with Crippen LogP contribution < -0.4 is 4.74 Å². The lowest BCUT2D eigenvalue weighted by Crippen LogP contribution is -2.17. The van der Waals surface area contributed by atoms with Crippen LogP contribution in [-0.4, -0.2) is 21.2 Å². The second-order valence-electron chi connectivity index (χ2n) is 5.22. The molecule has 0 fully saturated rings. The molecule has 132 valence electrons. The maximum absolute atomic E-state index is 13.8. The summed E-state index contributed by atoms with van der Waals surface area (Å²) in [4.78, 5) is 0. The van der Waals surface area contributed by atoms with Crippen LogP contribution in [0.1, 0.15) is 11.3 Å². The van der Waals surface area contributed by atoms with Gasteiger partial charge in [0.25, 0.3) is 0 Å². The lowest BCUT2D eigenvalue weighted by molar-refractivity contribution is -0.274. The quantitative estimate of drug-likeness (QED) is 0.723. The molecule has 2 aromatic carbocycles. The second-order valence-corrected chi connectivity index (χ2v) is 5.22. The predicted molar refractivity (Wildman–Crippen MR) is 77.8 cm³/mol. The molecule has 0 aliphatic rings. The first-order valence-corrected chi connectivity index (χ1v) is 7.07. The van der Waals surface area contributed by atoms with Crippen LogP contribution in [0.3, 0.4) is 0 Å². The van der Waals surface area contributed by atoms with Crippen LogP contribution in [0.25, 0.3) is 10.9 Å². The van der Waals surface area contributed by atoms with Gasteiger partial charge >= 0.3 is 6.36 Å². The van der Waals surface area contributed by atoms with Gasteiger partial charge in [-0.25, -0.2) is 8.78 Å². The summed E-state index contributed by atoms with van der Waals surface area (Å²) in [6.07, 6.45) is -4.86. The Balaban J connectivity index is 2.05. The van der Waals surface area contributed by atoms with Crippen molar-refractivity contribution in [2.75, 3.05) is 0 Å². The third-order valence-corrected chi connectivity index (χ3v) is 3.52. The number of hydrogen-bond donors (Lipinski definition) is 1. The van der Waals surface area contributed by atoms with Crippen molar-refractivity contribution < 1.29 is 31.8 Å². The van der Waals surface area contributed by atoms with E-state index in [0.29, 0.717) is 11.5 Å². The van der Waals surface area contributed by atoms with Gasteiger partial charge in [-0.2, -0.15) is 5.10 Å². The maximum atomic E-state index is 13.8. The number of alkyl halides is 3. The lowest BCUT2D eigenvalue weighted by Gasteiger charge is -2.10. The molecule has 4 nitrogen and oxygen atoms in total. The third kappa shape index (κ3) is 3.71. The molecule has 0 aliphatic heterocycles. The van der Waals surface area contributed by atoms with Crippen molar-refractivity contribution in [2.45, 2.75) is 19.5 Å². The summed E-state index contributed by atoms with van der Waals surface area (Å²) >= 11 is 0. The molecule has 0 bridgehead atoms. The first-order valence-electron chi connectivity index (χ1n) is 7.07. The Morgan fingerprint density at radius 1 is 1.08 bits per heavy atom. The van der Waals surface area contributed by atoms with Gasteiger partial charge in [-0.05, 0) is 18.2 Å². The molecule has 1 N–H and O–H groups in total. The Morgan fingerprint density at radius 3 is 2.48 bits per heavy atom. The Hall–Kier alpha value is -2.68. The van der Waals surface area contributed by atoms with E-state index in [1.165, 1.54) is 16.8 Å². The normalized spacial score (nSPS) is 11.9. The minimum atomic E-state index is -4.86. The molecule has 0 amide bonds. The van der Waals surface area contributed by atoms with Crippen molar-refractivity contribution >= 4 is 10.9 Å². The number of rotatable bonds is 4. The maximum Gasteiger partial charge on any atom is 0.573 e. The Kier molecular flexibility index (Phi) is 4.34. The molecule has 0 atom stereocenters. The molecule has 3 aromatic rings. The van der Waals surface area contributed by atoms with Crippen LogP contribution in [0, 0.1) is 11.6 Å². The van der Waals surface area contributed by atoms with Gasteiger partial charge in [0.05, 0.1) is 24.4 Å². The van der Waals surface area contributed by atoms with Crippen molar-refractivity contribution in [3.8, 4) is 5.75 Å². The fraction of sp³-hybridized carbons (Fsp3) is 0.188. The van der Waals surface area contributed by atoms with E-state index >= 15 is 0 Å². The molecular formula is C16H11F5N2O2. The van der Waals surface area contributed by atoms with Crippen LogP contribution in [0.4, 0.5) is 22.0 Å².